The molecule has 0 aromatic carbocycles. The number of nitrogens with one attached hydrogen (secondary N) is 2. The van der Waals surface area contributed by atoms with E-state index in [0.29, 0.717) is 5.56 Å². The zero-order valence-corrected chi connectivity index (χ0v) is 12.1. The molecule has 0 unspecified atom stereocenters. The van der Waals surface area contributed by atoms with Crippen LogP contribution in [0.15, 0.2) is 24.4 Å². The smallest absolute Gasteiger partial charge is 0.328 e. The molecule has 114 valence electrons. The number of nitrogens with zero attached hydrogens (tertiary/aromatic N) is 1. The first-order valence-electron chi connectivity index (χ1n) is 5.88. The highest BCUT2D eigenvalue weighted by molar-refractivity contribution is 7.88. The van der Waals surface area contributed by atoms with Crippen LogP contribution in [0.25, 0.3) is 6.08 Å². The topological polar surface area (TPSA) is 125 Å². The molecule has 0 aliphatic carbocycles. The van der Waals surface area contributed by atoms with E-state index in [0.717, 1.165) is 12.3 Å². The molecule has 0 saturated carbocycles. The second-order valence-corrected chi connectivity index (χ2v) is 5.90. The van der Waals surface area contributed by atoms with E-state index >= 15 is 0 Å². The summed E-state index contributed by atoms with van der Waals surface area (Å²) in [5.74, 6) is -1.52. The third-order valence-electron chi connectivity index (χ3n) is 2.21. The van der Waals surface area contributed by atoms with Gasteiger partial charge in [0.2, 0.25) is 10.0 Å². The molecule has 8 nitrogen and oxygen atoms in total. The number of aliphatic carboxylic acids is 1. The second-order valence-electron chi connectivity index (χ2n) is 4.07. The van der Waals surface area contributed by atoms with Crippen LogP contribution >= 0.6 is 0 Å². The number of carbonyl (C=O) groups excluding carboxylic acids is 1. The SMILES string of the molecule is CS(=O)(=O)NCCNC(=O)c1ccc(C=CC(=O)O)cn1. The number of rotatable bonds is 7. The lowest BCUT2D eigenvalue weighted by atomic mass is 10.2. The minimum atomic E-state index is -3.28. The van der Waals surface area contributed by atoms with Crippen molar-refractivity contribution < 1.29 is 23.1 Å². The molecule has 0 radical (unpaired) electrons. The molecule has 21 heavy (non-hydrogen) atoms. The maximum atomic E-state index is 11.7. The molecular formula is C12H15N3O5S. The van der Waals surface area contributed by atoms with Gasteiger partial charge in [-0.05, 0) is 17.7 Å². The minimum absolute atomic E-state index is 0.0873. The second kappa shape index (κ2) is 7.50. The molecule has 0 bridgehead atoms. The molecule has 3 N–H and O–H groups in total. The number of sulfonamides is 1. The fourth-order valence-corrected chi connectivity index (χ4v) is 1.78. The summed E-state index contributed by atoms with van der Waals surface area (Å²) < 4.78 is 23.9. The highest BCUT2D eigenvalue weighted by Crippen LogP contribution is 2.02. The Morgan fingerprint density at radius 3 is 2.57 bits per heavy atom. The highest BCUT2D eigenvalue weighted by atomic mass is 32.2. The van der Waals surface area contributed by atoms with Gasteiger partial charge in [0.1, 0.15) is 5.69 Å². The average molecular weight is 313 g/mol. The Hall–Kier alpha value is -2.26. The summed E-state index contributed by atoms with van der Waals surface area (Å²) in [5, 5.41) is 11.0. The summed E-state index contributed by atoms with van der Waals surface area (Å²) >= 11 is 0. The van der Waals surface area contributed by atoms with Crippen molar-refractivity contribution in [3.8, 4) is 0 Å². The van der Waals surface area contributed by atoms with E-state index in [2.05, 4.69) is 15.0 Å². The molecule has 1 rings (SSSR count). The Bertz CT molecular complexity index is 637. The van der Waals surface area contributed by atoms with Gasteiger partial charge < -0.3 is 10.4 Å². The number of hydrogen-bond donors (Lipinski definition) is 3. The molecule has 0 saturated heterocycles. The number of carbonyl (C=O) groups is 2. The van der Waals surface area contributed by atoms with Gasteiger partial charge in [0.05, 0.1) is 6.26 Å². The first-order valence-corrected chi connectivity index (χ1v) is 7.77. The summed E-state index contributed by atoms with van der Waals surface area (Å²) in [6.07, 6.45) is 4.71. The lowest BCUT2D eigenvalue weighted by Crippen LogP contribution is -2.34. The van der Waals surface area contributed by atoms with Crippen molar-refractivity contribution in [1.29, 1.82) is 0 Å². The molecule has 0 fully saturated rings. The number of hydrogen-bond acceptors (Lipinski definition) is 5. The largest absolute Gasteiger partial charge is 0.478 e. The summed E-state index contributed by atoms with van der Waals surface area (Å²) in [6, 6.07) is 3.00. The lowest BCUT2D eigenvalue weighted by molar-refractivity contribution is -0.131. The zero-order chi connectivity index (χ0) is 15.9. The molecule has 0 spiro atoms. The van der Waals surface area contributed by atoms with Crippen molar-refractivity contribution in [1.82, 2.24) is 15.0 Å². The Balaban J connectivity index is 2.50. The summed E-state index contributed by atoms with van der Waals surface area (Å²) in [7, 11) is -3.28. The van der Waals surface area contributed by atoms with Crippen molar-refractivity contribution in [2.45, 2.75) is 0 Å². The van der Waals surface area contributed by atoms with Gasteiger partial charge in [-0.1, -0.05) is 6.07 Å². The van der Waals surface area contributed by atoms with E-state index in [1.165, 1.54) is 18.3 Å². The van der Waals surface area contributed by atoms with Crippen LogP contribution in [0.1, 0.15) is 16.1 Å². The normalized spacial score (nSPS) is 11.5. The maximum Gasteiger partial charge on any atom is 0.328 e. The Labute approximate surface area is 121 Å². The Kier molecular flexibility index (Phi) is 6.00. The molecule has 0 atom stereocenters. The Morgan fingerprint density at radius 1 is 1.33 bits per heavy atom. The molecule has 0 aliphatic heterocycles. The van der Waals surface area contributed by atoms with Crippen LogP contribution in [0.3, 0.4) is 0 Å². The van der Waals surface area contributed by atoms with Gasteiger partial charge in [-0.2, -0.15) is 0 Å². The number of amides is 1. The lowest BCUT2D eigenvalue weighted by Gasteiger charge is -2.05. The number of aromatic nitrogens is 1. The van der Waals surface area contributed by atoms with E-state index in [1.807, 2.05) is 0 Å². The van der Waals surface area contributed by atoms with Gasteiger partial charge in [0.25, 0.3) is 5.91 Å². The van der Waals surface area contributed by atoms with Crippen molar-refractivity contribution >= 4 is 28.0 Å². The molecule has 9 heteroatoms. The summed E-state index contributed by atoms with van der Waals surface area (Å²) in [4.78, 5) is 25.9. The van der Waals surface area contributed by atoms with Crippen LogP contribution in [0.5, 0.6) is 0 Å². The highest BCUT2D eigenvalue weighted by Gasteiger charge is 2.06. The van der Waals surface area contributed by atoms with E-state index in [4.69, 9.17) is 5.11 Å². The fourth-order valence-electron chi connectivity index (χ4n) is 1.31. The molecule has 1 aromatic heterocycles. The van der Waals surface area contributed by atoms with Crippen LogP contribution in [-0.2, 0) is 14.8 Å². The van der Waals surface area contributed by atoms with Crippen LogP contribution < -0.4 is 10.0 Å². The van der Waals surface area contributed by atoms with Crippen LogP contribution in [0.4, 0.5) is 0 Å². The predicted octanol–water partition coefficient (Wildman–Crippen LogP) is -0.542. The average Bonchev–Trinajstić information content (AvgIpc) is 2.40. The third-order valence-corrected chi connectivity index (χ3v) is 2.94. The predicted molar refractivity (Wildman–Crippen MR) is 76.1 cm³/mol. The first kappa shape index (κ1) is 16.8. The van der Waals surface area contributed by atoms with Gasteiger partial charge in [-0.3, -0.25) is 9.78 Å². The van der Waals surface area contributed by atoms with E-state index in [9.17, 15) is 18.0 Å². The van der Waals surface area contributed by atoms with E-state index in [1.54, 1.807) is 6.07 Å². The third kappa shape index (κ3) is 7.18. The minimum Gasteiger partial charge on any atom is -0.478 e. The van der Waals surface area contributed by atoms with Crippen molar-refractivity contribution in [3.05, 3.63) is 35.7 Å². The van der Waals surface area contributed by atoms with Gasteiger partial charge >= 0.3 is 5.97 Å². The fraction of sp³-hybridized carbons (Fsp3) is 0.250. The van der Waals surface area contributed by atoms with Gasteiger partial charge in [0.15, 0.2) is 0 Å². The van der Waals surface area contributed by atoms with Crippen molar-refractivity contribution in [3.63, 3.8) is 0 Å². The van der Waals surface area contributed by atoms with E-state index in [-0.39, 0.29) is 18.8 Å². The van der Waals surface area contributed by atoms with Crippen LogP contribution in [-0.4, -0.2) is 49.7 Å². The number of carboxylic acids is 1. The molecule has 0 aliphatic rings. The van der Waals surface area contributed by atoms with Gasteiger partial charge in [-0.15, -0.1) is 0 Å². The Morgan fingerprint density at radius 2 is 2.05 bits per heavy atom. The maximum absolute atomic E-state index is 11.7. The van der Waals surface area contributed by atoms with E-state index < -0.39 is 21.9 Å². The molecule has 1 amide bonds. The van der Waals surface area contributed by atoms with Crippen LogP contribution in [0.2, 0.25) is 0 Å². The quantitative estimate of drug-likeness (QED) is 0.458. The molecule has 1 heterocycles. The monoisotopic (exact) mass is 313 g/mol. The summed E-state index contributed by atoms with van der Waals surface area (Å²) in [5.41, 5.74) is 0.703. The van der Waals surface area contributed by atoms with Gasteiger partial charge in [0, 0.05) is 25.4 Å². The summed E-state index contributed by atoms with van der Waals surface area (Å²) in [6.45, 7) is 0.220. The van der Waals surface area contributed by atoms with Crippen LogP contribution in [0, 0.1) is 0 Å². The number of carboxylic acid groups (broad SMARTS) is 1. The molecule has 1 aromatic rings. The zero-order valence-electron chi connectivity index (χ0n) is 11.2. The number of pyridine rings is 1. The standard InChI is InChI=1S/C12H15N3O5S/c1-21(19,20)15-7-6-13-12(18)10-4-2-9(8-14-10)3-5-11(16)17/h2-5,8,15H,6-7H2,1H3,(H,13,18)(H,16,17). The molecular weight excluding hydrogens is 298 g/mol. The first-order chi connectivity index (χ1) is 9.78. The van der Waals surface area contributed by atoms with Gasteiger partial charge in [-0.25, -0.2) is 17.9 Å². The van der Waals surface area contributed by atoms with Crippen molar-refractivity contribution in [2.24, 2.45) is 0 Å². The van der Waals surface area contributed by atoms with Crippen molar-refractivity contribution in [2.75, 3.05) is 19.3 Å².